The molecule has 5 nitrogen and oxygen atoms in total. The maximum absolute atomic E-state index is 13.0. The molecule has 0 unspecified atom stereocenters. The Kier molecular flexibility index (Phi) is 3.82. The summed E-state index contributed by atoms with van der Waals surface area (Å²) in [5.74, 6) is 0.377. The van der Waals surface area contributed by atoms with Crippen LogP contribution in [-0.4, -0.2) is 18.0 Å². The highest BCUT2D eigenvalue weighted by Crippen LogP contribution is 2.34. The third-order valence-corrected chi connectivity index (χ3v) is 4.77. The highest BCUT2D eigenvalue weighted by molar-refractivity contribution is 7.86. The molecule has 1 fully saturated rings. The molecular weight excluding hydrogens is 307 g/mol. The molecule has 1 aliphatic carbocycles. The second-order valence-corrected chi connectivity index (χ2v) is 6.84. The van der Waals surface area contributed by atoms with Gasteiger partial charge in [0.1, 0.15) is 0 Å². The fourth-order valence-electron chi connectivity index (χ4n) is 2.48. The van der Waals surface area contributed by atoms with Gasteiger partial charge in [-0.05, 0) is 30.5 Å². The third kappa shape index (κ3) is 3.09. The zero-order valence-corrected chi connectivity index (χ0v) is 12.6. The summed E-state index contributed by atoms with van der Waals surface area (Å²) in [6.45, 7) is 0.153. The molecule has 0 N–H and O–H groups in total. The smallest absolute Gasteiger partial charge is 0.295 e. The molecule has 1 saturated carbocycles. The van der Waals surface area contributed by atoms with Crippen LogP contribution in [0.4, 0.5) is 3.89 Å². The molecule has 0 saturated heterocycles. The summed E-state index contributed by atoms with van der Waals surface area (Å²) in [6, 6.07) is 7.02. The van der Waals surface area contributed by atoms with Gasteiger partial charge in [-0.25, -0.2) is 4.98 Å². The molecule has 0 bridgehead atoms. The molecule has 1 aromatic heterocycles. The van der Waals surface area contributed by atoms with E-state index < -0.39 is 15.1 Å². The molecule has 22 heavy (non-hydrogen) atoms. The van der Waals surface area contributed by atoms with Crippen LogP contribution in [0.5, 0.6) is 0 Å². The van der Waals surface area contributed by atoms with Crippen molar-refractivity contribution >= 4 is 10.2 Å². The largest absolute Gasteiger partial charge is 0.332 e. The minimum absolute atomic E-state index is 0.153. The Hall–Kier alpha value is -2.02. The van der Waals surface area contributed by atoms with E-state index in [4.69, 9.17) is 0 Å². The SMILES string of the molecule is O=c1cc(C2CCC2)ncn1Cc1cccc(S(=O)(=O)F)c1. The van der Waals surface area contributed by atoms with Gasteiger partial charge in [-0.2, -0.15) is 8.42 Å². The van der Waals surface area contributed by atoms with Crippen LogP contribution >= 0.6 is 0 Å². The van der Waals surface area contributed by atoms with Crippen LogP contribution in [0.3, 0.4) is 0 Å². The molecule has 1 aromatic carbocycles. The normalized spacial score (nSPS) is 15.5. The predicted molar refractivity (Wildman–Crippen MR) is 78.9 cm³/mol. The molecule has 0 aliphatic heterocycles. The van der Waals surface area contributed by atoms with Crippen molar-refractivity contribution in [2.24, 2.45) is 0 Å². The van der Waals surface area contributed by atoms with Crippen molar-refractivity contribution in [2.45, 2.75) is 36.6 Å². The summed E-state index contributed by atoms with van der Waals surface area (Å²) in [7, 11) is -4.74. The lowest BCUT2D eigenvalue weighted by atomic mass is 9.83. The van der Waals surface area contributed by atoms with Gasteiger partial charge in [-0.1, -0.05) is 18.6 Å². The average molecular weight is 322 g/mol. The van der Waals surface area contributed by atoms with Crippen molar-refractivity contribution < 1.29 is 12.3 Å². The zero-order valence-electron chi connectivity index (χ0n) is 11.8. The van der Waals surface area contributed by atoms with E-state index in [-0.39, 0.29) is 12.1 Å². The summed E-state index contributed by atoms with van der Waals surface area (Å²) in [5, 5.41) is 0. The minimum atomic E-state index is -4.74. The lowest BCUT2D eigenvalue weighted by molar-refractivity contribution is 0.409. The summed E-state index contributed by atoms with van der Waals surface area (Å²) < 4.78 is 36.2. The Morgan fingerprint density at radius 1 is 1.27 bits per heavy atom. The van der Waals surface area contributed by atoms with Gasteiger partial charge >= 0.3 is 10.2 Å². The van der Waals surface area contributed by atoms with Gasteiger partial charge in [0.15, 0.2) is 0 Å². The van der Waals surface area contributed by atoms with Gasteiger partial charge in [-0.15, -0.1) is 3.89 Å². The van der Waals surface area contributed by atoms with Gasteiger partial charge in [0.2, 0.25) is 0 Å². The highest BCUT2D eigenvalue weighted by Gasteiger charge is 2.21. The summed E-state index contributed by atoms with van der Waals surface area (Å²) >= 11 is 0. The first kappa shape index (κ1) is 14.9. The van der Waals surface area contributed by atoms with Crippen molar-refractivity contribution in [1.29, 1.82) is 0 Å². The molecule has 116 valence electrons. The van der Waals surface area contributed by atoms with Crippen LogP contribution in [0.1, 0.15) is 36.4 Å². The first-order valence-electron chi connectivity index (χ1n) is 7.03. The van der Waals surface area contributed by atoms with E-state index in [1.807, 2.05) is 0 Å². The van der Waals surface area contributed by atoms with E-state index in [1.54, 1.807) is 6.07 Å². The number of halogens is 1. The first-order chi connectivity index (χ1) is 10.4. The lowest BCUT2D eigenvalue weighted by Gasteiger charge is -2.24. The van der Waals surface area contributed by atoms with E-state index in [1.165, 1.54) is 41.6 Å². The Morgan fingerprint density at radius 2 is 2.05 bits per heavy atom. The standard InChI is InChI=1S/C15H15FN2O3S/c16-22(20,21)13-6-1-3-11(7-13)9-18-10-17-14(8-15(18)19)12-4-2-5-12/h1,3,6-8,10,12H,2,4-5,9H2. The maximum atomic E-state index is 13.0. The number of benzene rings is 1. The van der Waals surface area contributed by atoms with Gasteiger partial charge in [0.05, 0.1) is 23.5 Å². The maximum Gasteiger partial charge on any atom is 0.332 e. The quantitative estimate of drug-likeness (QED) is 0.809. The molecule has 3 rings (SSSR count). The Bertz CT molecular complexity index is 857. The molecule has 0 radical (unpaired) electrons. The van der Waals surface area contributed by atoms with E-state index in [2.05, 4.69) is 4.98 Å². The predicted octanol–water partition coefficient (Wildman–Crippen LogP) is 2.22. The fourth-order valence-corrected chi connectivity index (χ4v) is 3.01. The molecular formula is C15H15FN2O3S. The van der Waals surface area contributed by atoms with Crippen molar-refractivity contribution in [3.05, 3.63) is 58.3 Å². The van der Waals surface area contributed by atoms with Crippen LogP contribution in [0.2, 0.25) is 0 Å². The Morgan fingerprint density at radius 3 is 2.64 bits per heavy atom. The van der Waals surface area contributed by atoms with Crippen molar-refractivity contribution in [2.75, 3.05) is 0 Å². The second kappa shape index (κ2) is 5.64. The summed E-state index contributed by atoms with van der Waals surface area (Å²) in [6.07, 6.45) is 4.76. The summed E-state index contributed by atoms with van der Waals surface area (Å²) in [5.41, 5.74) is 1.15. The highest BCUT2D eigenvalue weighted by atomic mass is 32.3. The van der Waals surface area contributed by atoms with Crippen molar-refractivity contribution in [1.82, 2.24) is 9.55 Å². The molecule has 0 amide bonds. The molecule has 2 aromatic rings. The number of aromatic nitrogens is 2. The van der Waals surface area contributed by atoms with Crippen LogP contribution in [0, 0.1) is 0 Å². The van der Waals surface area contributed by atoms with Crippen LogP contribution in [-0.2, 0) is 16.8 Å². The van der Waals surface area contributed by atoms with Crippen LogP contribution < -0.4 is 5.56 Å². The first-order valence-corrected chi connectivity index (χ1v) is 8.42. The molecule has 0 spiro atoms. The van der Waals surface area contributed by atoms with E-state index in [0.29, 0.717) is 11.5 Å². The van der Waals surface area contributed by atoms with Gasteiger partial charge in [-0.3, -0.25) is 9.36 Å². The van der Waals surface area contributed by atoms with Crippen LogP contribution in [0.15, 0.2) is 46.3 Å². The Labute approximate surface area is 127 Å². The summed E-state index contributed by atoms with van der Waals surface area (Å²) in [4.78, 5) is 16.0. The van der Waals surface area contributed by atoms with Crippen molar-refractivity contribution in [3.8, 4) is 0 Å². The van der Waals surface area contributed by atoms with Crippen LogP contribution in [0.25, 0.3) is 0 Å². The number of hydrogen-bond donors (Lipinski definition) is 0. The number of rotatable bonds is 4. The van der Waals surface area contributed by atoms with Gasteiger partial charge in [0.25, 0.3) is 5.56 Å². The minimum Gasteiger partial charge on any atom is -0.295 e. The van der Waals surface area contributed by atoms with Gasteiger partial charge in [0, 0.05) is 12.0 Å². The van der Waals surface area contributed by atoms with E-state index in [9.17, 15) is 17.1 Å². The molecule has 1 aliphatic rings. The van der Waals surface area contributed by atoms with E-state index >= 15 is 0 Å². The van der Waals surface area contributed by atoms with Gasteiger partial charge < -0.3 is 0 Å². The average Bonchev–Trinajstić information content (AvgIpc) is 2.39. The van der Waals surface area contributed by atoms with E-state index in [0.717, 1.165) is 18.5 Å². The number of nitrogens with zero attached hydrogens (tertiary/aromatic N) is 2. The Balaban J connectivity index is 1.85. The molecule has 0 atom stereocenters. The van der Waals surface area contributed by atoms with Crippen molar-refractivity contribution in [3.63, 3.8) is 0 Å². The number of hydrogen-bond acceptors (Lipinski definition) is 4. The fraction of sp³-hybridized carbons (Fsp3) is 0.333. The lowest BCUT2D eigenvalue weighted by Crippen LogP contribution is -2.23. The second-order valence-electron chi connectivity index (χ2n) is 5.49. The topological polar surface area (TPSA) is 69.0 Å². The third-order valence-electron chi connectivity index (χ3n) is 3.96. The monoisotopic (exact) mass is 322 g/mol. The molecule has 1 heterocycles. The molecule has 7 heteroatoms. The zero-order chi connectivity index (χ0) is 15.7.